The number of nitrogen functional groups attached to an aromatic ring is 1. The van der Waals surface area contributed by atoms with Crippen molar-refractivity contribution in [3.8, 4) is 12.1 Å². The maximum atomic E-state index is 11.7. The highest BCUT2D eigenvalue weighted by molar-refractivity contribution is 5.90. The summed E-state index contributed by atoms with van der Waals surface area (Å²) in [6, 6.07) is 10.9. The predicted octanol–water partition coefficient (Wildman–Crippen LogP) is 2.61. The standard InChI is InChI=1S/C19H21N7O2/c1-2-28-19(27)14-5-7-15(8-6-14)25-17-16(22)18(24-13-23-17)26(11-3-9-20)12-4-10-21/h5-8,13H,2-4,11-12,22H2,1H3,(H,23,24,25). The van der Waals surface area contributed by atoms with E-state index >= 15 is 0 Å². The highest BCUT2D eigenvalue weighted by Crippen LogP contribution is 2.28. The fourth-order valence-corrected chi connectivity index (χ4v) is 2.47. The maximum Gasteiger partial charge on any atom is 0.338 e. The van der Waals surface area contributed by atoms with Crippen molar-refractivity contribution in [1.29, 1.82) is 10.5 Å². The number of nitrogens with two attached hydrogens (primary N) is 1. The average Bonchev–Trinajstić information content (AvgIpc) is 2.71. The van der Waals surface area contributed by atoms with E-state index in [-0.39, 0.29) is 18.8 Å². The first-order chi connectivity index (χ1) is 13.6. The Balaban J connectivity index is 2.20. The largest absolute Gasteiger partial charge is 0.462 e. The van der Waals surface area contributed by atoms with Crippen LogP contribution in [0.25, 0.3) is 0 Å². The molecule has 28 heavy (non-hydrogen) atoms. The van der Waals surface area contributed by atoms with Gasteiger partial charge in [-0.25, -0.2) is 14.8 Å². The van der Waals surface area contributed by atoms with Crippen molar-refractivity contribution in [2.75, 3.05) is 35.6 Å². The molecule has 9 heteroatoms. The first kappa shape index (κ1) is 20.5. The third-order valence-electron chi connectivity index (χ3n) is 3.81. The Morgan fingerprint density at radius 2 is 1.82 bits per heavy atom. The van der Waals surface area contributed by atoms with Crippen LogP contribution in [0, 0.1) is 22.7 Å². The van der Waals surface area contributed by atoms with Gasteiger partial charge in [-0.15, -0.1) is 0 Å². The van der Waals surface area contributed by atoms with Crippen molar-refractivity contribution in [3.05, 3.63) is 36.2 Å². The minimum Gasteiger partial charge on any atom is -0.462 e. The molecule has 0 aliphatic carbocycles. The zero-order valence-electron chi connectivity index (χ0n) is 15.6. The molecule has 2 rings (SSSR count). The normalized spacial score (nSPS) is 9.82. The van der Waals surface area contributed by atoms with Crippen molar-refractivity contribution < 1.29 is 9.53 Å². The van der Waals surface area contributed by atoms with Crippen LogP contribution in [0.3, 0.4) is 0 Å². The lowest BCUT2D eigenvalue weighted by Gasteiger charge is -2.23. The lowest BCUT2D eigenvalue weighted by Crippen LogP contribution is -2.27. The summed E-state index contributed by atoms with van der Waals surface area (Å²) < 4.78 is 4.96. The highest BCUT2D eigenvalue weighted by atomic mass is 16.5. The molecule has 1 heterocycles. The zero-order valence-corrected chi connectivity index (χ0v) is 15.6. The van der Waals surface area contributed by atoms with E-state index in [1.54, 1.807) is 36.1 Å². The Bertz CT molecular complexity index is 867. The van der Waals surface area contributed by atoms with Gasteiger partial charge in [0.1, 0.15) is 12.0 Å². The molecule has 0 unspecified atom stereocenters. The van der Waals surface area contributed by atoms with Crippen LogP contribution in [0.5, 0.6) is 0 Å². The van der Waals surface area contributed by atoms with Crippen LogP contribution in [0.1, 0.15) is 30.1 Å². The second kappa shape index (κ2) is 10.3. The number of hydrogen-bond acceptors (Lipinski definition) is 9. The van der Waals surface area contributed by atoms with Crippen LogP contribution < -0.4 is 16.0 Å². The topological polar surface area (TPSA) is 141 Å². The Morgan fingerprint density at radius 1 is 1.18 bits per heavy atom. The van der Waals surface area contributed by atoms with Crippen molar-refractivity contribution >= 4 is 29.0 Å². The number of anilines is 4. The van der Waals surface area contributed by atoms with E-state index in [0.717, 1.165) is 0 Å². The Hall–Kier alpha value is -3.85. The van der Waals surface area contributed by atoms with Gasteiger partial charge in [-0.3, -0.25) is 0 Å². The summed E-state index contributed by atoms with van der Waals surface area (Å²) in [6.07, 6.45) is 1.94. The molecule has 0 bridgehead atoms. The molecule has 0 fully saturated rings. The van der Waals surface area contributed by atoms with E-state index in [1.807, 2.05) is 0 Å². The molecule has 2 aromatic rings. The molecule has 1 aromatic carbocycles. The summed E-state index contributed by atoms with van der Waals surface area (Å²) in [5.41, 5.74) is 7.67. The quantitative estimate of drug-likeness (QED) is 0.629. The van der Waals surface area contributed by atoms with Crippen LogP contribution >= 0.6 is 0 Å². The zero-order chi connectivity index (χ0) is 20.4. The van der Waals surface area contributed by atoms with Crippen LogP contribution in [0.4, 0.5) is 23.0 Å². The first-order valence-corrected chi connectivity index (χ1v) is 8.74. The SMILES string of the molecule is CCOC(=O)c1ccc(Nc2ncnc(N(CCC#N)CCC#N)c2N)cc1. The summed E-state index contributed by atoms with van der Waals surface area (Å²) in [6.45, 7) is 2.88. The minimum atomic E-state index is -0.386. The van der Waals surface area contributed by atoms with Gasteiger partial charge in [0.05, 0.1) is 37.2 Å². The van der Waals surface area contributed by atoms with Gasteiger partial charge < -0.3 is 20.7 Å². The molecule has 3 N–H and O–H groups in total. The summed E-state index contributed by atoms with van der Waals surface area (Å²) >= 11 is 0. The van der Waals surface area contributed by atoms with Crippen molar-refractivity contribution in [2.24, 2.45) is 0 Å². The van der Waals surface area contributed by atoms with E-state index < -0.39 is 0 Å². The number of benzene rings is 1. The van der Waals surface area contributed by atoms with E-state index in [9.17, 15) is 4.79 Å². The summed E-state index contributed by atoms with van der Waals surface area (Å²) in [4.78, 5) is 21.9. The van der Waals surface area contributed by atoms with Gasteiger partial charge in [-0.2, -0.15) is 10.5 Å². The number of nitrogens with one attached hydrogen (secondary N) is 1. The minimum absolute atomic E-state index is 0.285. The van der Waals surface area contributed by atoms with Gasteiger partial charge in [0, 0.05) is 18.8 Å². The van der Waals surface area contributed by atoms with E-state index in [4.69, 9.17) is 21.0 Å². The second-order valence-corrected chi connectivity index (χ2v) is 5.69. The molecule has 144 valence electrons. The maximum absolute atomic E-state index is 11.7. The first-order valence-electron chi connectivity index (χ1n) is 8.74. The van der Waals surface area contributed by atoms with Gasteiger partial charge >= 0.3 is 5.97 Å². The molecule has 0 aliphatic heterocycles. The van der Waals surface area contributed by atoms with Gasteiger partial charge in [-0.05, 0) is 31.2 Å². The molecule has 0 saturated heterocycles. The number of nitriles is 2. The Labute approximate surface area is 163 Å². The Morgan fingerprint density at radius 3 is 2.39 bits per heavy atom. The van der Waals surface area contributed by atoms with Crippen LogP contribution in [0.15, 0.2) is 30.6 Å². The molecule has 0 aliphatic rings. The Kier molecular flexibility index (Phi) is 7.55. The molecule has 1 aromatic heterocycles. The number of carbonyl (C=O) groups is 1. The van der Waals surface area contributed by atoms with E-state index in [2.05, 4.69) is 27.4 Å². The lowest BCUT2D eigenvalue weighted by molar-refractivity contribution is 0.0526. The second-order valence-electron chi connectivity index (χ2n) is 5.69. The summed E-state index contributed by atoms with van der Waals surface area (Å²) in [5.74, 6) is 0.474. The average molecular weight is 379 g/mol. The van der Waals surface area contributed by atoms with Crippen molar-refractivity contribution in [3.63, 3.8) is 0 Å². The van der Waals surface area contributed by atoms with Gasteiger partial charge in [0.15, 0.2) is 11.6 Å². The number of esters is 1. The van der Waals surface area contributed by atoms with Gasteiger partial charge in [0.25, 0.3) is 0 Å². The number of nitrogens with zero attached hydrogens (tertiary/aromatic N) is 5. The fourth-order valence-electron chi connectivity index (χ4n) is 2.47. The number of rotatable bonds is 9. The van der Waals surface area contributed by atoms with Gasteiger partial charge in [-0.1, -0.05) is 0 Å². The molecule has 9 nitrogen and oxygen atoms in total. The number of hydrogen-bond donors (Lipinski definition) is 2. The van der Waals surface area contributed by atoms with E-state index in [0.29, 0.717) is 48.3 Å². The van der Waals surface area contributed by atoms with E-state index in [1.165, 1.54) is 6.33 Å². The highest BCUT2D eigenvalue weighted by Gasteiger charge is 2.15. The number of ether oxygens (including phenoxy) is 1. The van der Waals surface area contributed by atoms with Gasteiger partial charge in [0.2, 0.25) is 0 Å². The monoisotopic (exact) mass is 379 g/mol. The number of carbonyl (C=O) groups excluding carboxylic acids is 1. The smallest absolute Gasteiger partial charge is 0.338 e. The van der Waals surface area contributed by atoms with Crippen LogP contribution in [-0.2, 0) is 4.74 Å². The third-order valence-corrected chi connectivity index (χ3v) is 3.81. The van der Waals surface area contributed by atoms with Crippen molar-refractivity contribution in [1.82, 2.24) is 9.97 Å². The lowest BCUT2D eigenvalue weighted by atomic mass is 10.2. The molecular weight excluding hydrogens is 358 g/mol. The summed E-state index contributed by atoms with van der Waals surface area (Å²) in [5, 5.41) is 20.8. The van der Waals surface area contributed by atoms with Crippen LogP contribution in [0.2, 0.25) is 0 Å². The number of aromatic nitrogens is 2. The van der Waals surface area contributed by atoms with Crippen LogP contribution in [-0.4, -0.2) is 35.6 Å². The molecule has 0 atom stereocenters. The molecule has 0 radical (unpaired) electrons. The predicted molar refractivity (Wildman–Crippen MR) is 105 cm³/mol. The summed E-state index contributed by atoms with van der Waals surface area (Å²) in [7, 11) is 0. The third kappa shape index (κ3) is 5.32. The molecular formula is C19H21N7O2. The van der Waals surface area contributed by atoms with Crippen molar-refractivity contribution in [2.45, 2.75) is 19.8 Å². The molecule has 0 saturated carbocycles. The molecule has 0 spiro atoms. The fraction of sp³-hybridized carbons (Fsp3) is 0.316. The molecule has 0 amide bonds.